The first-order chi connectivity index (χ1) is 12.1. The van der Waals surface area contributed by atoms with Crippen LogP contribution in [0.3, 0.4) is 0 Å². The normalized spacial score (nSPS) is 21.2. The van der Waals surface area contributed by atoms with E-state index < -0.39 is 25.4 Å². The maximum Gasteiger partial charge on any atom is 0.354 e. The number of hydrogen-bond acceptors (Lipinski definition) is 4. The Morgan fingerprint density at radius 1 is 1.46 bits per heavy atom. The molecular formula is C17H25FN3O4P. The first kappa shape index (κ1) is 19.3. The minimum absolute atomic E-state index is 0.00880. The van der Waals surface area contributed by atoms with Crippen molar-refractivity contribution in [2.75, 3.05) is 5.73 Å². The average molecular weight is 385 g/mol. The quantitative estimate of drug-likeness (QED) is 0.538. The van der Waals surface area contributed by atoms with Gasteiger partial charge in [-0.15, -0.1) is 0 Å². The van der Waals surface area contributed by atoms with E-state index in [-0.39, 0.29) is 12.1 Å². The molecule has 0 amide bonds. The van der Waals surface area contributed by atoms with E-state index >= 15 is 0 Å². The second-order valence-electron chi connectivity index (χ2n) is 7.20. The predicted molar refractivity (Wildman–Crippen MR) is 97.2 cm³/mol. The average Bonchev–Trinajstić information content (AvgIpc) is 3.15. The molecule has 2 aromatic rings. The minimum Gasteiger partial charge on any atom is -0.395 e. The topological polar surface area (TPSA) is 111 Å². The third-order valence-electron chi connectivity index (χ3n) is 4.70. The first-order valence-corrected chi connectivity index (χ1v) is 10.5. The van der Waals surface area contributed by atoms with Gasteiger partial charge in [0.25, 0.3) is 0 Å². The number of aryl methyl sites for hydroxylation is 1. The number of rotatable bonds is 5. The van der Waals surface area contributed by atoms with Crippen LogP contribution in [0, 0.1) is 11.7 Å². The number of nitrogens with two attached hydrogens (primary N) is 1. The molecule has 1 aromatic carbocycles. The van der Waals surface area contributed by atoms with Crippen molar-refractivity contribution < 1.29 is 23.5 Å². The second-order valence-corrected chi connectivity index (χ2v) is 8.96. The highest BCUT2D eigenvalue weighted by Crippen LogP contribution is 2.51. The number of halogens is 1. The van der Waals surface area contributed by atoms with Gasteiger partial charge in [0.15, 0.2) is 5.85 Å². The van der Waals surface area contributed by atoms with Crippen LogP contribution in [0.1, 0.15) is 51.1 Å². The van der Waals surface area contributed by atoms with Crippen LogP contribution in [-0.4, -0.2) is 25.2 Å². The zero-order valence-electron chi connectivity index (χ0n) is 15.1. The highest BCUT2D eigenvalue weighted by Gasteiger charge is 2.40. The van der Waals surface area contributed by atoms with Gasteiger partial charge in [0, 0.05) is 6.54 Å². The van der Waals surface area contributed by atoms with Crippen molar-refractivity contribution in [3.8, 4) is 0 Å². The second kappa shape index (κ2) is 6.93. The van der Waals surface area contributed by atoms with E-state index in [4.69, 9.17) is 10.5 Å². The van der Waals surface area contributed by atoms with Crippen molar-refractivity contribution in [3.63, 3.8) is 0 Å². The molecule has 7 nitrogen and oxygen atoms in total. The van der Waals surface area contributed by atoms with Crippen LogP contribution in [0.4, 0.5) is 10.1 Å². The lowest BCUT2D eigenvalue weighted by Gasteiger charge is -2.18. The van der Waals surface area contributed by atoms with E-state index in [0.717, 1.165) is 11.1 Å². The van der Waals surface area contributed by atoms with Crippen molar-refractivity contribution in [1.29, 1.82) is 0 Å². The van der Waals surface area contributed by atoms with Gasteiger partial charge in [-0.25, -0.2) is 9.37 Å². The predicted octanol–water partition coefficient (Wildman–Crippen LogP) is 3.33. The van der Waals surface area contributed by atoms with Crippen LogP contribution in [-0.2, 0) is 22.3 Å². The van der Waals surface area contributed by atoms with Crippen LogP contribution in [0.25, 0.3) is 11.0 Å². The highest BCUT2D eigenvalue weighted by molar-refractivity contribution is 7.52. The lowest BCUT2D eigenvalue weighted by molar-refractivity contribution is 0.0644. The molecule has 3 rings (SSSR count). The fourth-order valence-electron chi connectivity index (χ4n) is 3.52. The van der Waals surface area contributed by atoms with Crippen LogP contribution in [0.15, 0.2) is 6.07 Å². The minimum atomic E-state index is -4.32. The standard InChI is InChI=1S/C17H25FN3O4P/c1-4-10-7-11(18)14(19)15-16(10)21(8-9(2)3)17(20-15)12-5-6-13(25-12)26(22,23)24/h7,9,12-13H,4-6,8,19H2,1-3H3,(H2,22,23,24). The third kappa shape index (κ3) is 3.39. The van der Waals surface area contributed by atoms with E-state index in [1.54, 1.807) is 0 Å². The van der Waals surface area contributed by atoms with Crippen molar-refractivity contribution in [2.45, 2.75) is 58.5 Å². The third-order valence-corrected chi connectivity index (χ3v) is 5.83. The largest absolute Gasteiger partial charge is 0.395 e. The Kier molecular flexibility index (Phi) is 5.14. The van der Waals surface area contributed by atoms with E-state index in [0.29, 0.717) is 36.6 Å². The summed E-state index contributed by atoms with van der Waals surface area (Å²) in [6.07, 6.45) is 0.768. The van der Waals surface area contributed by atoms with Crippen molar-refractivity contribution in [2.24, 2.45) is 5.92 Å². The molecule has 1 aromatic heterocycles. The summed E-state index contributed by atoms with van der Waals surface area (Å²) in [7, 11) is -4.32. The van der Waals surface area contributed by atoms with Crippen LogP contribution >= 0.6 is 7.60 Å². The Balaban J connectivity index is 2.16. The summed E-state index contributed by atoms with van der Waals surface area (Å²) in [4.78, 5) is 23.3. The van der Waals surface area contributed by atoms with Crippen LogP contribution in [0.2, 0.25) is 0 Å². The number of aromatic nitrogens is 2. The molecule has 1 aliphatic heterocycles. The van der Waals surface area contributed by atoms with Gasteiger partial charge in [-0.2, -0.15) is 0 Å². The van der Waals surface area contributed by atoms with E-state index in [2.05, 4.69) is 18.8 Å². The summed E-state index contributed by atoms with van der Waals surface area (Å²) >= 11 is 0. The van der Waals surface area contributed by atoms with Gasteiger partial charge >= 0.3 is 7.60 Å². The Labute approximate surface area is 151 Å². The lowest BCUT2D eigenvalue weighted by Crippen LogP contribution is -2.14. The number of hydrogen-bond donors (Lipinski definition) is 3. The summed E-state index contributed by atoms with van der Waals surface area (Å²) in [6, 6.07) is 1.44. The molecule has 0 radical (unpaired) electrons. The Bertz CT molecular complexity index is 877. The molecule has 2 heterocycles. The first-order valence-electron chi connectivity index (χ1n) is 8.81. The highest BCUT2D eigenvalue weighted by atomic mass is 31.2. The van der Waals surface area contributed by atoms with Gasteiger partial charge < -0.3 is 24.8 Å². The monoisotopic (exact) mass is 385 g/mol. The molecule has 26 heavy (non-hydrogen) atoms. The fraction of sp³-hybridized carbons (Fsp3) is 0.588. The molecule has 9 heteroatoms. The van der Waals surface area contributed by atoms with Gasteiger partial charge in [0.1, 0.15) is 23.3 Å². The van der Waals surface area contributed by atoms with Gasteiger partial charge in [-0.1, -0.05) is 20.8 Å². The Morgan fingerprint density at radius 3 is 2.69 bits per heavy atom. The van der Waals surface area contributed by atoms with Crippen molar-refractivity contribution in [3.05, 3.63) is 23.3 Å². The molecule has 0 saturated carbocycles. The van der Waals surface area contributed by atoms with Gasteiger partial charge in [-0.05, 0) is 36.8 Å². The van der Waals surface area contributed by atoms with E-state index in [1.165, 1.54) is 6.07 Å². The summed E-state index contributed by atoms with van der Waals surface area (Å²) in [5, 5.41) is 0. The van der Waals surface area contributed by atoms with Gasteiger partial charge in [-0.3, -0.25) is 4.57 Å². The fourth-order valence-corrected chi connectivity index (χ4v) is 4.31. The SMILES string of the molecule is CCc1cc(F)c(N)c2nc(C3CCC(P(=O)(O)O)O3)n(CC(C)C)c12. The van der Waals surface area contributed by atoms with Crippen molar-refractivity contribution >= 4 is 24.3 Å². The molecule has 4 N–H and O–H groups in total. The number of nitrogens with zero attached hydrogens (tertiary/aromatic N) is 2. The molecule has 1 saturated heterocycles. The maximum atomic E-state index is 14.2. The van der Waals surface area contributed by atoms with Crippen LogP contribution in [0.5, 0.6) is 0 Å². The van der Waals surface area contributed by atoms with E-state index in [1.807, 2.05) is 11.5 Å². The van der Waals surface area contributed by atoms with Gasteiger partial charge in [0.05, 0.1) is 11.2 Å². The van der Waals surface area contributed by atoms with Crippen molar-refractivity contribution in [1.82, 2.24) is 9.55 Å². The Hall–Kier alpha value is -1.47. The summed E-state index contributed by atoms with van der Waals surface area (Å²) < 4.78 is 33.3. The summed E-state index contributed by atoms with van der Waals surface area (Å²) in [5.74, 6) is -0.784. The molecule has 1 fully saturated rings. The molecule has 1 aliphatic rings. The number of imidazole rings is 1. The van der Waals surface area contributed by atoms with Gasteiger partial charge in [0.2, 0.25) is 0 Å². The smallest absolute Gasteiger partial charge is 0.354 e. The number of ether oxygens (including phenoxy) is 1. The number of fused-ring (bicyclic) bond motifs is 1. The molecule has 0 bridgehead atoms. The molecular weight excluding hydrogens is 360 g/mol. The Morgan fingerprint density at radius 2 is 2.15 bits per heavy atom. The molecule has 2 unspecified atom stereocenters. The van der Waals surface area contributed by atoms with Crippen LogP contribution < -0.4 is 5.73 Å². The lowest BCUT2D eigenvalue weighted by atomic mass is 10.1. The zero-order chi connectivity index (χ0) is 19.2. The molecule has 2 atom stereocenters. The molecule has 144 valence electrons. The maximum absolute atomic E-state index is 14.2. The zero-order valence-corrected chi connectivity index (χ0v) is 16.0. The van der Waals surface area contributed by atoms with E-state index in [9.17, 15) is 18.7 Å². The number of anilines is 1. The molecule has 0 spiro atoms. The summed E-state index contributed by atoms with van der Waals surface area (Å²) in [6.45, 7) is 6.68. The number of nitrogen functional groups attached to an aromatic ring is 1. The summed E-state index contributed by atoms with van der Waals surface area (Å²) in [5.41, 5.74) is 7.89. The number of benzene rings is 1. The molecule has 0 aliphatic carbocycles.